The van der Waals surface area contributed by atoms with E-state index in [-0.39, 0.29) is 22.1 Å². The van der Waals surface area contributed by atoms with Crippen molar-refractivity contribution in [3.8, 4) is 11.5 Å². The van der Waals surface area contributed by atoms with E-state index < -0.39 is 30.1 Å². The molecule has 0 spiro atoms. The Kier molecular flexibility index (Phi) is 6.16. The van der Waals surface area contributed by atoms with Crippen LogP contribution in [0.4, 0.5) is 37.7 Å². The van der Waals surface area contributed by atoms with Gasteiger partial charge in [-0.3, -0.25) is 10.2 Å². The van der Waals surface area contributed by atoms with Crippen LogP contribution in [0.3, 0.4) is 0 Å². The standard InChI is InChI=1S/C18H12F6N4O3S/c1-28-13-7-6-11(31-18(22,23)24)8-12(13)14(15(28)29)26-27-16(32)25-9-2-4-10(5-3-9)30-17(19,20)21/h2-8H,1H3,(H2,25,27,32)/b26-14-. The van der Waals surface area contributed by atoms with E-state index in [1.54, 1.807) is 0 Å². The number of benzene rings is 2. The molecular formula is C18H12F6N4O3S. The van der Waals surface area contributed by atoms with E-state index in [1.807, 2.05) is 0 Å². The lowest BCUT2D eigenvalue weighted by Crippen LogP contribution is -2.30. The quantitative estimate of drug-likeness (QED) is 0.391. The second-order valence-electron chi connectivity index (χ2n) is 6.19. The summed E-state index contributed by atoms with van der Waals surface area (Å²) in [5.74, 6) is -1.57. The van der Waals surface area contributed by atoms with Gasteiger partial charge in [-0.2, -0.15) is 5.10 Å². The van der Waals surface area contributed by atoms with E-state index >= 15 is 0 Å². The van der Waals surface area contributed by atoms with Gasteiger partial charge in [-0.1, -0.05) is 0 Å². The summed E-state index contributed by atoms with van der Waals surface area (Å²) in [5.41, 5.74) is 2.84. The first-order chi connectivity index (χ1) is 14.8. The number of thiocarbonyl (C=S) groups is 1. The topological polar surface area (TPSA) is 75.2 Å². The highest BCUT2D eigenvalue weighted by molar-refractivity contribution is 7.80. The Bertz CT molecular complexity index is 1070. The molecule has 0 bridgehead atoms. The van der Waals surface area contributed by atoms with Crippen LogP contribution in [-0.4, -0.2) is 36.5 Å². The fourth-order valence-electron chi connectivity index (χ4n) is 2.69. The van der Waals surface area contributed by atoms with Crippen LogP contribution < -0.4 is 25.1 Å². The number of anilines is 2. The molecular weight excluding hydrogens is 466 g/mol. The minimum absolute atomic E-state index is 0.0863. The van der Waals surface area contributed by atoms with Crippen LogP contribution in [0.15, 0.2) is 47.6 Å². The van der Waals surface area contributed by atoms with Gasteiger partial charge in [0.1, 0.15) is 11.5 Å². The first-order valence-corrected chi connectivity index (χ1v) is 8.92. The highest BCUT2D eigenvalue weighted by Crippen LogP contribution is 2.33. The van der Waals surface area contributed by atoms with Crippen molar-refractivity contribution >= 4 is 40.3 Å². The largest absolute Gasteiger partial charge is 0.573 e. The van der Waals surface area contributed by atoms with Gasteiger partial charge in [0.05, 0.1) is 5.69 Å². The SMILES string of the molecule is CN1C(=O)/C(=N\NC(=S)Nc2ccc(OC(F)(F)F)cc2)c2cc(OC(F)(F)F)ccc21. The summed E-state index contributed by atoms with van der Waals surface area (Å²) in [4.78, 5) is 13.6. The number of carbonyl (C=O) groups is 1. The van der Waals surface area contributed by atoms with E-state index in [4.69, 9.17) is 12.2 Å². The molecule has 0 aliphatic carbocycles. The van der Waals surface area contributed by atoms with E-state index in [0.29, 0.717) is 5.69 Å². The van der Waals surface area contributed by atoms with Crippen LogP contribution in [0, 0.1) is 0 Å². The molecule has 0 unspecified atom stereocenters. The van der Waals surface area contributed by atoms with E-state index in [9.17, 15) is 31.1 Å². The van der Waals surface area contributed by atoms with Crippen molar-refractivity contribution < 1.29 is 40.6 Å². The van der Waals surface area contributed by atoms with Gasteiger partial charge >= 0.3 is 12.7 Å². The molecule has 1 amide bonds. The third kappa shape index (κ3) is 5.78. The number of hydrogen-bond donors (Lipinski definition) is 2. The molecule has 3 rings (SSSR count). The zero-order valence-electron chi connectivity index (χ0n) is 15.8. The fraction of sp³-hybridized carbons (Fsp3) is 0.167. The van der Waals surface area contributed by atoms with E-state index in [0.717, 1.165) is 24.3 Å². The molecule has 7 nitrogen and oxygen atoms in total. The Morgan fingerprint density at radius 3 is 2.12 bits per heavy atom. The van der Waals surface area contributed by atoms with Crippen molar-refractivity contribution in [2.24, 2.45) is 5.10 Å². The van der Waals surface area contributed by atoms with Gasteiger partial charge in [-0.05, 0) is 54.7 Å². The van der Waals surface area contributed by atoms with Gasteiger partial charge in [0.2, 0.25) is 0 Å². The van der Waals surface area contributed by atoms with Gasteiger partial charge in [0, 0.05) is 18.3 Å². The Balaban J connectivity index is 1.71. The van der Waals surface area contributed by atoms with Gasteiger partial charge in [0.15, 0.2) is 10.8 Å². The lowest BCUT2D eigenvalue weighted by Gasteiger charge is -2.11. The molecule has 0 fully saturated rings. The first kappa shape index (κ1) is 23.1. The molecule has 1 aliphatic heterocycles. The highest BCUT2D eigenvalue weighted by Gasteiger charge is 2.35. The molecule has 2 N–H and O–H groups in total. The number of amides is 1. The first-order valence-electron chi connectivity index (χ1n) is 8.51. The van der Waals surface area contributed by atoms with Gasteiger partial charge in [-0.25, -0.2) is 0 Å². The zero-order chi connectivity index (χ0) is 23.7. The maximum absolute atomic E-state index is 12.5. The van der Waals surface area contributed by atoms with Crippen molar-refractivity contribution in [3.63, 3.8) is 0 Å². The predicted octanol–water partition coefficient (Wildman–Crippen LogP) is 4.15. The molecule has 2 aromatic rings. The second kappa shape index (κ2) is 8.53. The minimum Gasteiger partial charge on any atom is -0.406 e. The summed E-state index contributed by atoms with van der Waals surface area (Å²) < 4.78 is 81.6. The molecule has 0 saturated carbocycles. The summed E-state index contributed by atoms with van der Waals surface area (Å²) in [6.07, 6.45) is -9.74. The second-order valence-corrected chi connectivity index (χ2v) is 6.60. The van der Waals surface area contributed by atoms with Crippen molar-refractivity contribution in [3.05, 3.63) is 48.0 Å². The minimum atomic E-state index is -4.91. The molecule has 1 heterocycles. The summed E-state index contributed by atoms with van der Waals surface area (Å²) in [6.45, 7) is 0. The number of likely N-dealkylation sites (N-methyl/N-ethyl adjacent to an activating group) is 1. The molecule has 170 valence electrons. The normalized spacial score (nSPS) is 14.9. The number of halogens is 6. The van der Waals surface area contributed by atoms with Crippen LogP contribution >= 0.6 is 12.2 Å². The number of carbonyl (C=O) groups excluding carboxylic acids is 1. The number of fused-ring (bicyclic) bond motifs is 1. The number of rotatable bonds is 4. The summed E-state index contributed by atoms with van der Waals surface area (Å²) in [7, 11) is 1.41. The molecule has 0 saturated heterocycles. The Hall–Kier alpha value is -3.55. The summed E-state index contributed by atoms with van der Waals surface area (Å²) in [5, 5.41) is 6.35. The zero-order valence-corrected chi connectivity index (χ0v) is 16.7. The van der Waals surface area contributed by atoms with Crippen LogP contribution in [-0.2, 0) is 4.79 Å². The van der Waals surface area contributed by atoms with Gasteiger partial charge in [0.25, 0.3) is 5.91 Å². The Morgan fingerprint density at radius 1 is 0.969 bits per heavy atom. The molecule has 1 aliphatic rings. The highest BCUT2D eigenvalue weighted by atomic mass is 32.1. The number of nitrogens with zero attached hydrogens (tertiary/aromatic N) is 2. The maximum atomic E-state index is 12.5. The number of hydrazone groups is 1. The molecule has 0 radical (unpaired) electrons. The van der Waals surface area contributed by atoms with Crippen LogP contribution in [0.5, 0.6) is 11.5 Å². The average molecular weight is 478 g/mol. The molecule has 32 heavy (non-hydrogen) atoms. The van der Waals surface area contributed by atoms with Crippen LogP contribution in [0.1, 0.15) is 5.56 Å². The average Bonchev–Trinajstić information content (AvgIpc) is 2.89. The van der Waals surface area contributed by atoms with E-state index in [2.05, 4.69) is 25.3 Å². The van der Waals surface area contributed by atoms with E-state index in [1.165, 1.54) is 30.1 Å². The smallest absolute Gasteiger partial charge is 0.406 e. The maximum Gasteiger partial charge on any atom is 0.573 e. The van der Waals surface area contributed by atoms with Crippen molar-refractivity contribution in [2.75, 3.05) is 17.3 Å². The monoisotopic (exact) mass is 478 g/mol. The van der Waals surface area contributed by atoms with Crippen molar-refractivity contribution in [2.45, 2.75) is 12.7 Å². The van der Waals surface area contributed by atoms with Crippen LogP contribution in [0.2, 0.25) is 0 Å². The lowest BCUT2D eigenvalue weighted by atomic mass is 10.1. The third-order valence-electron chi connectivity index (χ3n) is 3.94. The predicted molar refractivity (Wildman–Crippen MR) is 106 cm³/mol. The number of ether oxygens (including phenoxy) is 2. The molecule has 14 heteroatoms. The third-order valence-corrected chi connectivity index (χ3v) is 4.13. The lowest BCUT2D eigenvalue weighted by molar-refractivity contribution is -0.275. The Labute approximate surface area is 181 Å². The molecule has 0 atom stereocenters. The number of hydrogen-bond acceptors (Lipinski definition) is 5. The van der Waals surface area contributed by atoms with Gasteiger partial charge in [-0.15, -0.1) is 26.3 Å². The molecule has 0 aromatic heterocycles. The summed E-state index contributed by atoms with van der Waals surface area (Å²) >= 11 is 5.02. The Morgan fingerprint density at radius 2 is 1.53 bits per heavy atom. The van der Waals surface area contributed by atoms with Gasteiger partial charge < -0.3 is 19.7 Å². The number of nitrogens with one attached hydrogen (secondary N) is 2. The van der Waals surface area contributed by atoms with Crippen LogP contribution in [0.25, 0.3) is 0 Å². The number of alkyl halides is 6. The van der Waals surface area contributed by atoms with Crippen molar-refractivity contribution in [1.29, 1.82) is 0 Å². The summed E-state index contributed by atoms with van der Waals surface area (Å²) in [6, 6.07) is 7.97. The fourth-order valence-corrected chi connectivity index (χ4v) is 2.86. The van der Waals surface area contributed by atoms with Crippen molar-refractivity contribution in [1.82, 2.24) is 5.43 Å². The molecule has 2 aromatic carbocycles.